The van der Waals surface area contributed by atoms with Gasteiger partial charge in [0.1, 0.15) is 5.75 Å². The Morgan fingerprint density at radius 2 is 2.15 bits per heavy atom. The van der Waals surface area contributed by atoms with Crippen molar-refractivity contribution in [2.45, 2.75) is 13.0 Å². The SMILES string of the molecule is COc1ccc(Cl)cc1C(=O)N[C@@H](C)c1ccccn1. The summed E-state index contributed by atoms with van der Waals surface area (Å²) >= 11 is 5.92. The number of methoxy groups -OCH3 is 1. The fraction of sp³-hybridized carbons (Fsp3) is 0.200. The lowest BCUT2D eigenvalue weighted by molar-refractivity contribution is 0.0936. The van der Waals surface area contributed by atoms with Crippen molar-refractivity contribution in [3.8, 4) is 5.75 Å². The van der Waals surface area contributed by atoms with Crippen molar-refractivity contribution in [2.75, 3.05) is 7.11 Å². The van der Waals surface area contributed by atoms with Gasteiger partial charge in [-0.05, 0) is 37.3 Å². The van der Waals surface area contributed by atoms with Gasteiger partial charge >= 0.3 is 0 Å². The molecular formula is C15H15ClN2O2. The number of nitrogens with one attached hydrogen (secondary N) is 1. The second-order valence-electron chi connectivity index (χ2n) is 4.29. The Bertz CT molecular complexity index is 602. The first kappa shape index (κ1) is 14.3. The van der Waals surface area contributed by atoms with Crippen LogP contribution in [0.5, 0.6) is 5.75 Å². The summed E-state index contributed by atoms with van der Waals surface area (Å²) in [6.45, 7) is 1.87. The van der Waals surface area contributed by atoms with E-state index in [0.29, 0.717) is 16.3 Å². The van der Waals surface area contributed by atoms with Crippen LogP contribution in [0.3, 0.4) is 0 Å². The summed E-state index contributed by atoms with van der Waals surface area (Å²) in [5, 5.41) is 3.36. The monoisotopic (exact) mass is 290 g/mol. The fourth-order valence-electron chi connectivity index (χ4n) is 1.84. The number of benzene rings is 1. The van der Waals surface area contributed by atoms with Crippen molar-refractivity contribution in [1.29, 1.82) is 0 Å². The molecule has 2 aromatic rings. The number of halogens is 1. The van der Waals surface area contributed by atoms with Crippen molar-refractivity contribution < 1.29 is 9.53 Å². The molecule has 104 valence electrons. The van der Waals surface area contributed by atoms with Crippen LogP contribution in [0, 0.1) is 0 Å². The van der Waals surface area contributed by atoms with Crippen LogP contribution in [0.2, 0.25) is 5.02 Å². The van der Waals surface area contributed by atoms with Gasteiger partial charge in [-0.25, -0.2) is 0 Å². The highest BCUT2D eigenvalue weighted by molar-refractivity contribution is 6.31. The highest BCUT2D eigenvalue weighted by atomic mass is 35.5. The molecule has 0 spiro atoms. The summed E-state index contributed by atoms with van der Waals surface area (Å²) in [7, 11) is 1.52. The highest BCUT2D eigenvalue weighted by Gasteiger charge is 2.16. The second-order valence-corrected chi connectivity index (χ2v) is 4.73. The van der Waals surface area contributed by atoms with E-state index in [0.717, 1.165) is 5.69 Å². The van der Waals surface area contributed by atoms with Gasteiger partial charge < -0.3 is 10.1 Å². The molecule has 0 saturated carbocycles. The standard InChI is InChI=1S/C15H15ClN2O2/c1-10(13-5-3-4-8-17-13)18-15(19)12-9-11(16)6-7-14(12)20-2/h3-10H,1-2H3,(H,18,19)/t10-/m0/s1. The van der Waals surface area contributed by atoms with Gasteiger partial charge in [0.25, 0.3) is 5.91 Å². The molecule has 0 bridgehead atoms. The van der Waals surface area contributed by atoms with Gasteiger partial charge in [-0.2, -0.15) is 0 Å². The molecule has 1 amide bonds. The number of carbonyl (C=O) groups excluding carboxylic acids is 1. The molecule has 0 aliphatic heterocycles. The summed E-state index contributed by atoms with van der Waals surface area (Å²) in [5.74, 6) is 0.239. The van der Waals surface area contributed by atoms with Crippen LogP contribution >= 0.6 is 11.6 Å². The molecule has 0 aliphatic carbocycles. The Labute approximate surface area is 122 Å². The third-order valence-electron chi connectivity index (χ3n) is 2.89. The molecule has 1 heterocycles. The van der Waals surface area contributed by atoms with Crippen LogP contribution in [-0.2, 0) is 0 Å². The zero-order chi connectivity index (χ0) is 14.5. The summed E-state index contributed by atoms with van der Waals surface area (Å²) in [6, 6.07) is 10.3. The second kappa shape index (κ2) is 6.39. The smallest absolute Gasteiger partial charge is 0.255 e. The number of pyridine rings is 1. The van der Waals surface area contributed by atoms with Gasteiger partial charge in [0, 0.05) is 11.2 Å². The number of ether oxygens (including phenoxy) is 1. The fourth-order valence-corrected chi connectivity index (χ4v) is 2.01. The first-order valence-electron chi connectivity index (χ1n) is 6.17. The van der Waals surface area contributed by atoms with E-state index in [9.17, 15) is 4.79 Å². The zero-order valence-electron chi connectivity index (χ0n) is 11.3. The molecule has 2 rings (SSSR count). The van der Waals surface area contributed by atoms with Gasteiger partial charge in [0.05, 0.1) is 24.4 Å². The largest absolute Gasteiger partial charge is 0.496 e. The molecule has 0 fully saturated rings. The Morgan fingerprint density at radius 3 is 2.80 bits per heavy atom. The molecule has 1 atom stereocenters. The highest BCUT2D eigenvalue weighted by Crippen LogP contribution is 2.23. The summed E-state index contributed by atoms with van der Waals surface area (Å²) in [4.78, 5) is 16.5. The van der Waals surface area contributed by atoms with Gasteiger partial charge in [-0.3, -0.25) is 9.78 Å². The Kier molecular flexibility index (Phi) is 4.58. The third-order valence-corrected chi connectivity index (χ3v) is 3.12. The first-order chi connectivity index (χ1) is 9.61. The number of rotatable bonds is 4. The number of hydrogen-bond acceptors (Lipinski definition) is 3. The van der Waals surface area contributed by atoms with E-state index in [1.54, 1.807) is 24.4 Å². The average molecular weight is 291 g/mol. The van der Waals surface area contributed by atoms with Crippen LogP contribution < -0.4 is 10.1 Å². The van der Waals surface area contributed by atoms with Crippen LogP contribution in [-0.4, -0.2) is 18.0 Å². The Hall–Kier alpha value is -2.07. The molecule has 1 aromatic heterocycles. The summed E-state index contributed by atoms with van der Waals surface area (Å²) < 4.78 is 5.17. The minimum absolute atomic E-state index is 0.201. The lowest BCUT2D eigenvalue weighted by Crippen LogP contribution is -2.27. The lowest BCUT2D eigenvalue weighted by Gasteiger charge is -2.15. The van der Waals surface area contributed by atoms with Gasteiger partial charge in [0.15, 0.2) is 0 Å². The predicted molar refractivity (Wildman–Crippen MR) is 78.1 cm³/mol. The van der Waals surface area contributed by atoms with Crippen molar-refractivity contribution in [3.63, 3.8) is 0 Å². The molecule has 4 nitrogen and oxygen atoms in total. The van der Waals surface area contributed by atoms with E-state index in [1.807, 2.05) is 25.1 Å². The average Bonchev–Trinajstić information content (AvgIpc) is 2.48. The Balaban J connectivity index is 2.18. The van der Waals surface area contributed by atoms with Gasteiger partial charge in [0.2, 0.25) is 0 Å². The maximum Gasteiger partial charge on any atom is 0.255 e. The summed E-state index contributed by atoms with van der Waals surface area (Å²) in [5.41, 5.74) is 1.20. The molecule has 0 saturated heterocycles. The number of carbonyl (C=O) groups is 1. The molecule has 20 heavy (non-hydrogen) atoms. The Morgan fingerprint density at radius 1 is 1.35 bits per heavy atom. The molecule has 0 radical (unpaired) electrons. The number of nitrogens with zero attached hydrogens (tertiary/aromatic N) is 1. The van der Waals surface area contributed by atoms with Crippen LogP contribution in [0.1, 0.15) is 29.0 Å². The van der Waals surface area contributed by atoms with E-state index in [1.165, 1.54) is 7.11 Å². The molecule has 1 aromatic carbocycles. The quantitative estimate of drug-likeness (QED) is 0.940. The van der Waals surface area contributed by atoms with Crippen molar-refractivity contribution in [2.24, 2.45) is 0 Å². The van der Waals surface area contributed by atoms with Crippen LogP contribution in [0.15, 0.2) is 42.6 Å². The van der Waals surface area contributed by atoms with E-state index in [-0.39, 0.29) is 11.9 Å². The predicted octanol–water partition coefficient (Wildman–Crippen LogP) is 3.23. The normalized spacial score (nSPS) is 11.8. The van der Waals surface area contributed by atoms with Crippen molar-refractivity contribution in [3.05, 3.63) is 58.9 Å². The third kappa shape index (κ3) is 3.27. The van der Waals surface area contributed by atoms with Crippen LogP contribution in [0.25, 0.3) is 0 Å². The van der Waals surface area contributed by atoms with Crippen LogP contribution in [0.4, 0.5) is 0 Å². The van der Waals surface area contributed by atoms with E-state index >= 15 is 0 Å². The van der Waals surface area contributed by atoms with E-state index < -0.39 is 0 Å². The van der Waals surface area contributed by atoms with Crippen molar-refractivity contribution >= 4 is 17.5 Å². The number of amides is 1. The summed E-state index contributed by atoms with van der Waals surface area (Å²) in [6.07, 6.45) is 1.69. The number of aromatic nitrogens is 1. The topological polar surface area (TPSA) is 51.2 Å². The maximum atomic E-state index is 12.3. The number of hydrogen-bond donors (Lipinski definition) is 1. The van der Waals surface area contributed by atoms with Gasteiger partial charge in [-0.15, -0.1) is 0 Å². The molecule has 0 unspecified atom stereocenters. The molecule has 0 aliphatic rings. The molecule has 1 N–H and O–H groups in total. The lowest BCUT2D eigenvalue weighted by atomic mass is 10.1. The molecular weight excluding hydrogens is 276 g/mol. The molecule has 5 heteroatoms. The first-order valence-corrected chi connectivity index (χ1v) is 6.55. The van der Waals surface area contributed by atoms with E-state index in [2.05, 4.69) is 10.3 Å². The zero-order valence-corrected chi connectivity index (χ0v) is 12.0. The van der Waals surface area contributed by atoms with E-state index in [4.69, 9.17) is 16.3 Å². The van der Waals surface area contributed by atoms with Crippen molar-refractivity contribution in [1.82, 2.24) is 10.3 Å². The van der Waals surface area contributed by atoms with Gasteiger partial charge in [-0.1, -0.05) is 17.7 Å². The minimum atomic E-state index is -0.248. The minimum Gasteiger partial charge on any atom is -0.496 e. The maximum absolute atomic E-state index is 12.3.